The Kier molecular flexibility index (Phi) is 3.97. The number of ketones is 1. The molecule has 22 heavy (non-hydrogen) atoms. The number of sulfone groups is 1. The van der Waals surface area contributed by atoms with Gasteiger partial charge in [-0.3, -0.25) is 4.79 Å². The van der Waals surface area contributed by atoms with Gasteiger partial charge >= 0.3 is 0 Å². The van der Waals surface area contributed by atoms with E-state index in [0.717, 1.165) is 12.2 Å². The fourth-order valence-corrected chi connectivity index (χ4v) is 6.19. The van der Waals surface area contributed by atoms with Crippen LogP contribution >= 0.6 is 0 Å². The highest BCUT2D eigenvalue weighted by Crippen LogP contribution is 2.40. The smallest absolute Gasteiger partial charge is 0.167 e. The fraction of sp³-hybridized carbons (Fsp3) is 0.625. The van der Waals surface area contributed by atoms with Crippen LogP contribution in [0.5, 0.6) is 0 Å². The Hall–Kier alpha value is -1.43. The number of pyridine rings is 1. The summed E-state index contributed by atoms with van der Waals surface area (Å²) in [5, 5.41) is -0.633. The van der Waals surface area contributed by atoms with E-state index in [1.807, 2.05) is 25.1 Å². The number of carbonyl (C=O) groups is 1. The van der Waals surface area contributed by atoms with Crippen LogP contribution in [0, 0.1) is 5.92 Å². The molecular weight excluding hydrogens is 300 g/mol. The van der Waals surface area contributed by atoms with Gasteiger partial charge in [-0.25, -0.2) is 13.4 Å². The summed E-state index contributed by atoms with van der Waals surface area (Å²) in [5.41, 5.74) is 0.591. The predicted octanol–water partition coefficient (Wildman–Crippen LogP) is 2.08. The number of fused-ring (bicyclic) bond motifs is 2. The van der Waals surface area contributed by atoms with Crippen molar-refractivity contribution in [1.29, 1.82) is 0 Å². The Morgan fingerprint density at radius 2 is 1.82 bits per heavy atom. The molecule has 2 bridgehead atoms. The summed E-state index contributed by atoms with van der Waals surface area (Å²) in [6.45, 7) is 0. The number of aromatic nitrogens is 1. The summed E-state index contributed by atoms with van der Waals surface area (Å²) >= 11 is 0. The minimum Gasteiger partial charge on any atom is -0.363 e. The quantitative estimate of drug-likeness (QED) is 0.797. The van der Waals surface area contributed by atoms with Crippen LogP contribution in [0.15, 0.2) is 18.3 Å². The highest BCUT2D eigenvalue weighted by molar-refractivity contribution is 7.92. The third-order valence-electron chi connectivity index (χ3n) is 4.94. The van der Waals surface area contributed by atoms with Gasteiger partial charge in [0.05, 0.1) is 10.5 Å². The number of anilines is 1. The van der Waals surface area contributed by atoms with Crippen LogP contribution in [0.2, 0.25) is 0 Å². The SMILES string of the molecule is CN(C)c1ccc(C(=O)C2CC3CCCC(C2)S3(=O)=O)cn1. The lowest BCUT2D eigenvalue weighted by Crippen LogP contribution is -2.45. The van der Waals surface area contributed by atoms with Gasteiger partial charge in [-0.15, -0.1) is 0 Å². The van der Waals surface area contributed by atoms with E-state index in [0.29, 0.717) is 31.2 Å². The normalized spacial score (nSPS) is 29.8. The second kappa shape index (κ2) is 5.65. The second-order valence-electron chi connectivity index (χ2n) is 6.60. The molecule has 3 heterocycles. The molecule has 0 radical (unpaired) electrons. The predicted molar refractivity (Wildman–Crippen MR) is 86.0 cm³/mol. The molecule has 6 heteroatoms. The van der Waals surface area contributed by atoms with Crippen molar-refractivity contribution in [2.24, 2.45) is 5.92 Å². The molecule has 3 rings (SSSR count). The maximum atomic E-state index is 12.7. The van der Waals surface area contributed by atoms with Gasteiger partial charge in [0.25, 0.3) is 0 Å². The van der Waals surface area contributed by atoms with Gasteiger partial charge in [-0.2, -0.15) is 0 Å². The Labute approximate surface area is 131 Å². The first-order valence-electron chi connectivity index (χ1n) is 7.80. The van der Waals surface area contributed by atoms with E-state index in [2.05, 4.69) is 4.98 Å². The maximum Gasteiger partial charge on any atom is 0.167 e. The van der Waals surface area contributed by atoms with Crippen molar-refractivity contribution in [2.45, 2.75) is 42.6 Å². The zero-order chi connectivity index (χ0) is 15.9. The van der Waals surface area contributed by atoms with Gasteiger partial charge in [-0.1, -0.05) is 6.42 Å². The summed E-state index contributed by atoms with van der Waals surface area (Å²) < 4.78 is 24.6. The van der Waals surface area contributed by atoms with Crippen molar-refractivity contribution >= 4 is 21.4 Å². The molecule has 2 saturated heterocycles. The van der Waals surface area contributed by atoms with Crippen molar-refractivity contribution in [2.75, 3.05) is 19.0 Å². The number of hydrogen-bond acceptors (Lipinski definition) is 5. The van der Waals surface area contributed by atoms with E-state index in [1.165, 1.54) is 0 Å². The van der Waals surface area contributed by atoms with Crippen molar-refractivity contribution in [3.05, 3.63) is 23.9 Å². The summed E-state index contributed by atoms with van der Waals surface area (Å²) in [6.07, 6.45) is 4.95. The van der Waals surface area contributed by atoms with Crippen molar-refractivity contribution in [1.82, 2.24) is 4.98 Å². The second-order valence-corrected chi connectivity index (χ2v) is 9.11. The van der Waals surface area contributed by atoms with Gasteiger partial charge in [0.15, 0.2) is 15.6 Å². The highest BCUT2D eigenvalue weighted by atomic mass is 32.2. The Bertz CT molecular complexity index is 647. The molecule has 2 aliphatic heterocycles. The molecule has 0 saturated carbocycles. The molecule has 5 nitrogen and oxygen atoms in total. The maximum absolute atomic E-state index is 12.7. The van der Waals surface area contributed by atoms with Crippen LogP contribution in [0.4, 0.5) is 5.82 Å². The zero-order valence-corrected chi connectivity index (χ0v) is 13.8. The van der Waals surface area contributed by atoms with Crippen molar-refractivity contribution in [3.63, 3.8) is 0 Å². The van der Waals surface area contributed by atoms with E-state index in [-0.39, 0.29) is 22.2 Å². The molecule has 120 valence electrons. The molecule has 0 aliphatic carbocycles. The van der Waals surface area contributed by atoms with Crippen LogP contribution in [0.1, 0.15) is 42.5 Å². The lowest BCUT2D eigenvalue weighted by Gasteiger charge is -2.38. The molecule has 1 aromatic rings. The minimum absolute atomic E-state index is 0.0459. The first-order valence-corrected chi connectivity index (χ1v) is 9.41. The topological polar surface area (TPSA) is 67.3 Å². The fourth-order valence-electron chi connectivity index (χ4n) is 3.65. The zero-order valence-electron chi connectivity index (χ0n) is 13.0. The lowest BCUT2D eigenvalue weighted by molar-refractivity contribution is 0.0893. The molecule has 2 fully saturated rings. The Balaban J connectivity index is 1.79. The summed E-state index contributed by atoms with van der Waals surface area (Å²) in [5.74, 6) is 0.676. The molecule has 0 N–H and O–H groups in total. The molecule has 2 atom stereocenters. The standard InChI is InChI=1S/C16H22N2O3S/c1-18(2)15-7-6-11(10-17-15)16(19)12-8-13-4-3-5-14(9-12)22(13,20)21/h6-7,10,12-14H,3-5,8-9H2,1-2H3. The van der Waals surface area contributed by atoms with Crippen LogP contribution in [-0.4, -0.2) is 43.8 Å². The number of carbonyl (C=O) groups excluding carboxylic acids is 1. The molecular formula is C16H22N2O3S. The summed E-state index contributed by atoms with van der Waals surface area (Å²) in [6, 6.07) is 3.62. The molecule has 0 spiro atoms. The minimum atomic E-state index is -3.01. The number of Topliss-reactive ketones (excluding diaryl/α,β-unsaturated/α-hetero) is 1. The first-order chi connectivity index (χ1) is 10.4. The molecule has 1 aromatic heterocycles. The Morgan fingerprint density at radius 3 is 2.32 bits per heavy atom. The van der Waals surface area contributed by atoms with Gasteiger partial charge < -0.3 is 4.90 Å². The number of hydrogen-bond donors (Lipinski definition) is 0. The summed E-state index contributed by atoms with van der Waals surface area (Å²) in [4.78, 5) is 18.8. The molecule has 0 aromatic carbocycles. The monoisotopic (exact) mass is 322 g/mol. The average molecular weight is 322 g/mol. The van der Waals surface area contributed by atoms with Gasteiger partial charge in [0.1, 0.15) is 5.82 Å². The molecule has 0 amide bonds. The van der Waals surface area contributed by atoms with Crippen molar-refractivity contribution in [3.8, 4) is 0 Å². The van der Waals surface area contributed by atoms with E-state index in [9.17, 15) is 13.2 Å². The van der Waals surface area contributed by atoms with Gasteiger partial charge in [0.2, 0.25) is 0 Å². The van der Waals surface area contributed by atoms with Gasteiger partial charge in [-0.05, 0) is 37.8 Å². The van der Waals surface area contributed by atoms with Crippen LogP contribution in [0.25, 0.3) is 0 Å². The van der Waals surface area contributed by atoms with Crippen LogP contribution in [0.3, 0.4) is 0 Å². The van der Waals surface area contributed by atoms with Crippen LogP contribution in [-0.2, 0) is 9.84 Å². The van der Waals surface area contributed by atoms with Gasteiger partial charge in [0, 0.05) is 31.8 Å². The molecule has 2 aliphatic rings. The third kappa shape index (κ3) is 2.64. The average Bonchev–Trinajstić information content (AvgIpc) is 2.45. The van der Waals surface area contributed by atoms with E-state index < -0.39 is 9.84 Å². The van der Waals surface area contributed by atoms with E-state index >= 15 is 0 Å². The molecule has 2 unspecified atom stereocenters. The highest BCUT2D eigenvalue weighted by Gasteiger charge is 2.46. The Morgan fingerprint density at radius 1 is 1.18 bits per heavy atom. The third-order valence-corrected chi connectivity index (χ3v) is 7.65. The number of rotatable bonds is 3. The van der Waals surface area contributed by atoms with E-state index in [4.69, 9.17) is 0 Å². The lowest BCUT2D eigenvalue weighted by atomic mass is 9.85. The first kappa shape index (κ1) is 15.5. The van der Waals surface area contributed by atoms with Crippen molar-refractivity contribution < 1.29 is 13.2 Å². The summed E-state index contributed by atoms with van der Waals surface area (Å²) in [7, 11) is 0.793. The van der Waals surface area contributed by atoms with E-state index in [1.54, 1.807) is 12.3 Å². The van der Waals surface area contributed by atoms with Crippen LogP contribution < -0.4 is 4.90 Å². The number of nitrogens with zero attached hydrogens (tertiary/aromatic N) is 2. The largest absolute Gasteiger partial charge is 0.363 e.